The number of hydrogen-bond acceptors (Lipinski definition) is 4. The van der Waals surface area contributed by atoms with Gasteiger partial charge in [-0.15, -0.1) is 0 Å². The molecule has 2 aliphatic rings. The van der Waals surface area contributed by atoms with Crippen LogP contribution in [0, 0.1) is 5.41 Å². The standard InChI is InChI=1S/C16H14N4OS/c17-15-20-16(13(22-15)10-6-2-1-3-7-10)14(21)18-11-8-4-5-9-12(11)19-16/h1-9,13,19H,(H2,17,20)(H,18,21). The van der Waals surface area contributed by atoms with Gasteiger partial charge in [-0.25, -0.2) is 0 Å². The van der Waals surface area contributed by atoms with Crippen molar-refractivity contribution in [1.29, 1.82) is 5.41 Å². The molecule has 2 atom stereocenters. The van der Waals surface area contributed by atoms with Crippen LogP contribution in [0.4, 0.5) is 11.4 Å². The summed E-state index contributed by atoms with van der Waals surface area (Å²) in [6, 6.07) is 17.4. The van der Waals surface area contributed by atoms with Crippen LogP contribution in [0.25, 0.3) is 0 Å². The second-order valence-electron chi connectivity index (χ2n) is 5.30. The van der Waals surface area contributed by atoms with Crippen molar-refractivity contribution in [1.82, 2.24) is 5.32 Å². The van der Waals surface area contributed by atoms with Gasteiger partial charge in [-0.1, -0.05) is 54.2 Å². The molecule has 1 spiro atoms. The van der Waals surface area contributed by atoms with Gasteiger partial charge in [0.1, 0.15) is 0 Å². The molecule has 1 fully saturated rings. The molecule has 4 rings (SSSR count). The minimum absolute atomic E-state index is 0.171. The van der Waals surface area contributed by atoms with Crippen molar-refractivity contribution in [2.75, 3.05) is 10.6 Å². The summed E-state index contributed by atoms with van der Waals surface area (Å²) in [6.45, 7) is 0. The number of hydrogen-bond donors (Lipinski definition) is 4. The Hall–Kier alpha value is -2.47. The van der Waals surface area contributed by atoms with E-state index in [0.29, 0.717) is 0 Å². The molecule has 5 nitrogen and oxygen atoms in total. The Balaban J connectivity index is 1.81. The molecule has 22 heavy (non-hydrogen) atoms. The highest BCUT2D eigenvalue weighted by molar-refractivity contribution is 8.14. The number of amides is 1. The fraction of sp³-hybridized carbons (Fsp3) is 0.125. The third kappa shape index (κ3) is 1.88. The Kier molecular flexibility index (Phi) is 2.87. The number of fused-ring (bicyclic) bond motifs is 1. The van der Waals surface area contributed by atoms with E-state index in [1.54, 1.807) is 0 Å². The maximum atomic E-state index is 12.8. The van der Waals surface area contributed by atoms with Crippen LogP contribution < -0.4 is 16.0 Å². The Labute approximate surface area is 132 Å². The summed E-state index contributed by atoms with van der Waals surface area (Å²) in [5.41, 5.74) is 1.57. The zero-order valence-corrected chi connectivity index (χ0v) is 12.4. The van der Waals surface area contributed by atoms with Crippen molar-refractivity contribution in [2.24, 2.45) is 0 Å². The van der Waals surface area contributed by atoms with Gasteiger partial charge in [-0.2, -0.15) is 0 Å². The number of nitrogens with one attached hydrogen (secondary N) is 4. The van der Waals surface area contributed by atoms with E-state index in [9.17, 15) is 4.79 Å². The lowest BCUT2D eigenvalue weighted by Gasteiger charge is -2.39. The molecule has 2 aromatic rings. The molecular weight excluding hydrogens is 296 g/mol. The molecule has 0 aromatic heterocycles. The van der Waals surface area contributed by atoms with Crippen molar-refractivity contribution in [3.05, 3.63) is 60.2 Å². The minimum atomic E-state index is -1.04. The summed E-state index contributed by atoms with van der Waals surface area (Å²) >= 11 is 1.35. The topological polar surface area (TPSA) is 77.0 Å². The van der Waals surface area contributed by atoms with Crippen LogP contribution in [-0.2, 0) is 4.79 Å². The molecule has 2 unspecified atom stereocenters. The second kappa shape index (κ2) is 4.78. The van der Waals surface area contributed by atoms with Crippen LogP contribution in [0.1, 0.15) is 10.8 Å². The molecule has 110 valence electrons. The summed E-state index contributed by atoms with van der Waals surface area (Å²) in [5.74, 6) is -0.171. The highest BCUT2D eigenvalue weighted by Gasteiger charge is 2.54. The fourth-order valence-electron chi connectivity index (χ4n) is 2.89. The van der Waals surface area contributed by atoms with Crippen LogP contribution in [0.3, 0.4) is 0 Å². The number of thioether (sulfide) groups is 1. The summed E-state index contributed by atoms with van der Waals surface area (Å²) < 4.78 is 0. The van der Waals surface area contributed by atoms with Gasteiger partial charge in [-0.05, 0) is 17.7 Å². The van der Waals surface area contributed by atoms with Gasteiger partial charge < -0.3 is 16.0 Å². The first kappa shape index (κ1) is 13.2. The lowest BCUT2D eigenvalue weighted by Crippen LogP contribution is -2.62. The average Bonchev–Trinajstić information content (AvgIpc) is 2.87. The van der Waals surface area contributed by atoms with Gasteiger partial charge in [0, 0.05) is 0 Å². The first-order valence-corrected chi connectivity index (χ1v) is 7.84. The lowest BCUT2D eigenvalue weighted by atomic mass is 9.95. The first-order chi connectivity index (χ1) is 10.7. The smallest absolute Gasteiger partial charge is 0.272 e. The van der Waals surface area contributed by atoms with E-state index in [4.69, 9.17) is 5.41 Å². The van der Waals surface area contributed by atoms with Crippen LogP contribution in [0.15, 0.2) is 54.6 Å². The van der Waals surface area contributed by atoms with Crippen molar-refractivity contribution in [3.63, 3.8) is 0 Å². The highest BCUT2D eigenvalue weighted by Crippen LogP contribution is 2.47. The number of carbonyl (C=O) groups excluding carboxylic acids is 1. The zero-order chi connectivity index (χ0) is 15.2. The molecule has 0 radical (unpaired) electrons. The maximum Gasteiger partial charge on any atom is 0.272 e. The molecule has 0 saturated carbocycles. The molecule has 0 aliphatic carbocycles. The largest absolute Gasteiger partial charge is 0.352 e. The molecule has 6 heteroatoms. The summed E-state index contributed by atoms with van der Waals surface area (Å²) in [4.78, 5) is 12.8. The molecule has 1 amide bonds. The number of benzene rings is 2. The number of carbonyl (C=O) groups is 1. The van der Waals surface area contributed by atoms with E-state index in [1.807, 2.05) is 54.6 Å². The normalized spacial score (nSPS) is 26.1. The Morgan fingerprint density at radius 2 is 1.64 bits per heavy atom. The Bertz CT molecular complexity index is 764. The average molecular weight is 310 g/mol. The van der Waals surface area contributed by atoms with Crippen LogP contribution in [0.5, 0.6) is 0 Å². The van der Waals surface area contributed by atoms with E-state index in [-0.39, 0.29) is 16.3 Å². The molecule has 2 aliphatic heterocycles. The second-order valence-corrected chi connectivity index (χ2v) is 6.41. The maximum absolute atomic E-state index is 12.8. The quantitative estimate of drug-likeness (QED) is 0.653. The summed E-state index contributed by atoms with van der Waals surface area (Å²) in [5, 5.41) is 17.4. The number of amidine groups is 1. The third-order valence-electron chi connectivity index (χ3n) is 3.91. The minimum Gasteiger partial charge on any atom is -0.352 e. The molecule has 2 aromatic carbocycles. The third-order valence-corrected chi connectivity index (χ3v) is 5.11. The molecular formula is C16H14N4OS. The SMILES string of the molecule is N=C1NC2(Nc3ccccc3NC2=O)C(c2ccccc2)S1. The highest BCUT2D eigenvalue weighted by atomic mass is 32.2. The summed E-state index contributed by atoms with van der Waals surface area (Å²) in [6.07, 6.45) is 0. The Morgan fingerprint density at radius 1 is 0.955 bits per heavy atom. The lowest BCUT2D eigenvalue weighted by molar-refractivity contribution is -0.121. The number of rotatable bonds is 1. The van der Waals surface area contributed by atoms with E-state index in [2.05, 4.69) is 16.0 Å². The van der Waals surface area contributed by atoms with Crippen molar-refractivity contribution >= 4 is 34.2 Å². The van der Waals surface area contributed by atoms with Crippen molar-refractivity contribution in [3.8, 4) is 0 Å². The van der Waals surface area contributed by atoms with Crippen molar-refractivity contribution < 1.29 is 4.79 Å². The van der Waals surface area contributed by atoms with Gasteiger partial charge >= 0.3 is 0 Å². The van der Waals surface area contributed by atoms with Crippen LogP contribution in [0.2, 0.25) is 0 Å². The van der Waals surface area contributed by atoms with E-state index >= 15 is 0 Å². The monoisotopic (exact) mass is 310 g/mol. The van der Waals surface area contributed by atoms with Crippen molar-refractivity contribution in [2.45, 2.75) is 10.9 Å². The number of para-hydroxylation sites is 2. The first-order valence-electron chi connectivity index (χ1n) is 6.96. The van der Waals surface area contributed by atoms with Gasteiger partial charge in [0.05, 0.1) is 16.6 Å². The van der Waals surface area contributed by atoms with E-state index < -0.39 is 5.66 Å². The zero-order valence-electron chi connectivity index (χ0n) is 11.6. The predicted octanol–water partition coefficient (Wildman–Crippen LogP) is 2.76. The van der Waals surface area contributed by atoms with Crippen LogP contribution >= 0.6 is 11.8 Å². The van der Waals surface area contributed by atoms with Crippen LogP contribution in [-0.4, -0.2) is 16.7 Å². The predicted molar refractivity (Wildman–Crippen MR) is 89.1 cm³/mol. The fourth-order valence-corrected chi connectivity index (χ4v) is 4.04. The Morgan fingerprint density at radius 3 is 2.41 bits per heavy atom. The van der Waals surface area contributed by atoms with E-state index in [0.717, 1.165) is 16.9 Å². The molecule has 0 bridgehead atoms. The van der Waals surface area contributed by atoms with E-state index in [1.165, 1.54) is 11.8 Å². The van der Waals surface area contributed by atoms with Gasteiger partial charge in [0.2, 0.25) is 5.66 Å². The molecule has 2 heterocycles. The molecule has 1 saturated heterocycles. The van der Waals surface area contributed by atoms with Gasteiger partial charge in [0.25, 0.3) is 5.91 Å². The summed E-state index contributed by atoms with van der Waals surface area (Å²) in [7, 11) is 0. The van der Waals surface area contributed by atoms with Gasteiger partial charge in [-0.3, -0.25) is 10.2 Å². The number of anilines is 2. The molecule has 4 N–H and O–H groups in total. The van der Waals surface area contributed by atoms with Gasteiger partial charge in [0.15, 0.2) is 5.17 Å².